The third kappa shape index (κ3) is 4.21. The first-order chi connectivity index (χ1) is 23.8. The zero-order chi connectivity index (χ0) is 31.6. The van der Waals surface area contributed by atoms with Crippen molar-refractivity contribution in [3.05, 3.63) is 151 Å². The number of hydrogen-bond acceptors (Lipinski definition) is 4. The van der Waals surface area contributed by atoms with E-state index in [0.29, 0.717) is 17.5 Å². The molecule has 0 bridgehead atoms. The van der Waals surface area contributed by atoms with Crippen LogP contribution in [0.1, 0.15) is 18.7 Å². The molecule has 10 rings (SSSR count). The SMILES string of the molecule is C1=CC(c2nc(-c3ccccc3)nc(-c3cccc4oc5cc(-n6c7ccccc7c7cc8ccccc8cc76)ccc5c34)n2)=CCC1. The maximum Gasteiger partial charge on any atom is 0.164 e. The van der Waals surface area contributed by atoms with Crippen LogP contribution < -0.4 is 0 Å². The van der Waals surface area contributed by atoms with Gasteiger partial charge in [-0.3, -0.25) is 0 Å². The molecule has 226 valence electrons. The summed E-state index contributed by atoms with van der Waals surface area (Å²) in [7, 11) is 0. The Morgan fingerprint density at radius 3 is 2.21 bits per heavy atom. The fourth-order valence-electron chi connectivity index (χ4n) is 7.19. The highest BCUT2D eigenvalue weighted by molar-refractivity contribution is 6.15. The first-order valence-corrected chi connectivity index (χ1v) is 16.4. The average molecular weight is 617 g/mol. The minimum atomic E-state index is 0.630. The van der Waals surface area contributed by atoms with Gasteiger partial charge in [-0.25, -0.2) is 15.0 Å². The Hall–Kier alpha value is -6.33. The molecule has 0 amide bonds. The van der Waals surface area contributed by atoms with Gasteiger partial charge in [0.1, 0.15) is 11.2 Å². The lowest BCUT2D eigenvalue weighted by molar-refractivity contribution is 0.668. The van der Waals surface area contributed by atoms with Crippen LogP contribution in [0.5, 0.6) is 0 Å². The average Bonchev–Trinajstić information content (AvgIpc) is 3.69. The molecule has 0 aliphatic heterocycles. The van der Waals surface area contributed by atoms with Crippen molar-refractivity contribution in [1.29, 1.82) is 0 Å². The van der Waals surface area contributed by atoms with Crippen LogP contribution in [0.2, 0.25) is 0 Å². The minimum absolute atomic E-state index is 0.630. The van der Waals surface area contributed by atoms with Gasteiger partial charge in [0.05, 0.1) is 11.0 Å². The lowest BCUT2D eigenvalue weighted by atomic mass is 10.0. The molecule has 0 unspecified atom stereocenters. The first-order valence-electron chi connectivity index (χ1n) is 16.4. The fourth-order valence-corrected chi connectivity index (χ4v) is 7.19. The second-order valence-corrected chi connectivity index (χ2v) is 12.3. The summed E-state index contributed by atoms with van der Waals surface area (Å²) < 4.78 is 8.95. The van der Waals surface area contributed by atoms with Crippen LogP contribution in [0.3, 0.4) is 0 Å². The normalized spacial score (nSPS) is 13.3. The number of fused-ring (bicyclic) bond motifs is 7. The third-order valence-electron chi connectivity index (χ3n) is 9.44. The van der Waals surface area contributed by atoms with Crippen LogP contribution in [0.15, 0.2) is 150 Å². The van der Waals surface area contributed by atoms with Crippen LogP contribution in [0.25, 0.3) is 88.6 Å². The summed E-state index contributed by atoms with van der Waals surface area (Å²) in [5, 5.41) is 6.94. The van der Waals surface area contributed by atoms with Gasteiger partial charge >= 0.3 is 0 Å². The van der Waals surface area contributed by atoms with Crippen LogP contribution >= 0.6 is 0 Å². The van der Waals surface area contributed by atoms with Crippen molar-refractivity contribution < 1.29 is 4.42 Å². The molecule has 3 heterocycles. The number of rotatable bonds is 4. The Kier molecular flexibility index (Phi) is 5.93. The molecule has 5 heteroatoms. The smallest absolute Gasteiger partial charge is 0.164 e. The van der Waals surface area contributed by atoms with E-state index < -0.39 is 0 Å². The van der Waals surface area contributed by atoms with Gasteiger partial charge in [0, 0.05) is 50.0 Å². The van der Waals surface area contributed by atoms with Gasteiger partial charge < -0.3 is 8.98 Å². The molecule has 0 atom stereocenters. The summed E-state index contributed by atoms with van der Waals surface area (Å²) in [6.07, 6.45) is 8.51. The molecule has 3 aromatic heterocycles. The fraction of sp³-hybridized carbons (Fsp3) is 0.0465. The topological polar surface area (TPSA) is 56.7 Å². The third-order valence-corrected chi connectivity index (χ3v) is 9.44. The number of para-hydroxylation sites is 1. The molecule has 0 fully saturated rings. The summed E-state index contributed by atoms with van der Waals surface area (Å²) >= 11 is 0. The molecule has 0 spiro atoms. The number of allylic oxidation sites excluding steroid dienone is 4. The number of nitrogens with zero attached hydrogens (tertiary/aromatic N) is 4. The first kappa shape index (κ1) is 26.8. The number of aromatic nitrogens is 4. The van der Waals surface area contributed by atoms with Crippen molar-refractivity contribution in [3.63, 3.8) is 0 Å². The van der Waals surface area contributed by atoms with Crippen LogP contribution in [0.4, 0.5) is 0 Å². The highest BCUT2D eigenvalue weighted by Gasteiger charge is 2.20. The predicted molar refractivity (Wildman–Crippen MR) is 196 cm³/mol. The van der Waals surface area contributed by atoms with E-state index in [2.05, 4.69) is 108 Å². The van der Waals surface area contributed by atoms with E-state index in [1.54, 1.807) is 0 Å². The highest BCUT2D eigenvalue weighted by Crippen LogP contribution is 2.39. The van der Waals surface area contributed by atoms with Crippen molar-refractivity contribution in [2.75, 3.05) is 0 Å². The quantitative estimate of drug-likeness (QED) is 0.197. The van der Waals surface area contributed by atoms with Crippen LogP contribution in [-0.2, 0) is 0 Å². The van der Waals surface area contributed by atoms with E-state index in [1.807, 2.05) is 42.5 Å². The van der Waals surface area contributed by atoms with Crippen molar-refractivity contribution in [2.45, 2.75) is 12.8 Å². The molecule has 0 N–H and O–H groups in total. The maximum absolute atomic E-state index is 6.60. The molecular weight excluding hydrogens is 589 g/mol. The molecular formula is C43H28N4O. The van der Waals surface area contributed by atoms with E-state index in [4.69, 9.17) is 19.4 Å². The summed E-state index contributed by atoms with van der Waals surface area (Å²) in [5.74, 6) is 1.97. The number of benzene rings is 6. The largest absolute Gasteiger partial charge is 0.456 e. The highest BCUT2D eigenvalue weighted by atomic mass is 16.3. The van der Waals surface area contributed by atoms with Gasteiger partial charge in [0.15, 0.2) is 17.5 Å². The van der Waals surface area contributed by atoms with E-state index in [-0.39, 0.29) is 0 Å². The van der Waals surface area contributed by atoms with Gasteiger partial charge in [-0.2, -0.15) is 0 Å². The molecule has 1 aliphatic carbocycles. The standard InChI is InChI=1S/C43H28N4O/c1-3-12-27(13-4-1)41-44-42(28-14-5-2-6-15-28)46-43(45-41)34-19-11-21-38-40(34)33-23-22-31(26-39(33)48-38)47-36-20-10-9-18-32(36)35-24-29-16-7-8-17-30(29)25-37(35)47/h1,3-5,7-26H,2,6H2. The molecule has 9 aromatic rings. The molecule has 48 heavy (non-hydrogen) atoms. The lowest BCUT2D eigenvalue weighted by Crippen LogP contribution is -2.03. The molecule has 0 saturated heterocycles. The second kappa shape index (κ2) is 10.6. The zero-order valence-electron chi connectivity index (χ0n) is 26.0. The summed E-state index contributed by atoms with van der Waals surface area (Å²) in [4.78, 5) is 15.0. The lowest BCUT2D eigenvalue weighted by Gasteiger charge is -2.11. The second-order valence-electron chi connectivity index (χ2n) is 12.3. The van der Waals surface area contributed by atoms with Crippen LogP contribution in [0, 0.1) is 0 Å². The Bertz CT molecular complexity index is 2780. The summed E-state index contributed by atoms with van der Waals surface area (Å²) in [6.45, 7) is 0. The van der Waals surface area contributed by atoms with Crippen molar-refractivity contribution in [3.8, 4) is 28.5 Å². The number of hydrogen-bond donors (Lipinski definition) is 0. The van der Waals surface area contributed by atoms with E-state index in [0.717, 1.165) is 62.7 Å². The van der Waals surface area contributed by atoms with E-state index in [1.165, 1.54) is 27.1 Å². The Balaban J connectivity index is 1.18. The maximum atomic E-state index is 6.60. The van der Waals surface area contributed by atoms with Crippen molar-refractivity contribution in [1.82, 2.24) is 19.5 Å². The molecule has 0 radical (unpaired) electrons. The van der Waals surface area contributed by atoms with Gasteiger partial charge in [-0.1, -0.05) is 103 Å². The monoisotopic (exact) mass is 616 g/mol. The Morgan fingerprint density at radius 1 is 0.542 bits per heavy atom. The molecule has 5 nitrogen and oxygen atoms in total. The molecule has 1 aliphatic rings. The molecule has 0 saturated carbocycles. The van der Waals surface area contributed by atoms with E-state index >= 15 is 0 Å². The van der Waals surface area contributed by atoms with Crippen molar-refractivity contribution in [2.24, 2.45) is 0 Å². The van der Waals surface area contributed by atoms with Gasteiger partial charge in [0.2, 0.25) is 0 Å². The molecule has 6 aromatic carbocycles. The Morgan fingerprint density at radius 2 is 1.33 bits per heavy atom. The number of furan rings is 1. The zero-order valence-corrected chi connectivity index (χ0v) is 26.0. The minimum Gasteiger partial charge on any atom is -0.456 e. The van der Waals surface area contributed by atoms with Gasteiger partial charge in [-0.15, -0.1) is 0 Å². The van der Waals surface area contributed by atoms with E-state index in [9.17, 15) is 0 Å². The summed E-state index contributed by atoms with van der Waals surface area (Å²) in [5.41, 5.74) is 7.90. The van der Waals surface area contributed by atoms with Gasteiger partial charge in [-0.05, 0) is 60.0 Å². The van der Waals surface area contributed by atoms with Crippen molar-refractivity contribution >= 4 is 60.1 Å². The Labute approximate surface area is 276 Å². The van der Waals surface area contributed by atoms with Crippen LogP contribution in [-0.4, -0.2) is 19.5 Å². The predicted octanol–water partition coefficient (Wildman–Crippen LogP) is 11.1. The van der Waals surface area contributed by atoms with Gasteiger partial charge in [0.25, 0.3) is 0 Å². The summed E-state index contributed by atoms with van der Waals surface area (Å²) in [6, 6.07) is 44.6.